The number of carbonyl (C=O) groups is 3. The van der Waals surface area contributed by atoms with Gasteiger partial charge in [-0.05, 0) is 49.8 Å². The summed E-state index contributed by atoms with van der Waals surface area (Å²) >= 11 is 6.67. The minimum absolute atomic E-state index is 0.0807. The largest absolute Gasteiger partial charge is 0.489 e. The van der Waals surface area contributed by atoms with Crippen molar-refractivity contribution in [3.8, 4) is 11.5 Å². The number of piperazine rings is 1. The van der Waals surface area contributed by atoms with E-state index >= 15 is 0 Å². The number of aryl methyl sites for hydroxylation is 1. The maximum Gasteiger partial charge on any atom is 0.293 e. The fraction of sp³-hybridized carbons (Fsp3) is 0.465. The predicted octanol–water partition coefficient (Wildman–Crippen LogP) is 3.96. The van der Waals surface area contributed by atoms with Crippen LogP contribution in [-0.4, -0.2) is 113 Å². The molecule has 3 fully saturated rings. The van der Waals surface area contributed by atoms with Gasteiger partial charge in [-0.15, -0.1) is 0 Å². The average molecular weight is 852 g/mol. The lowest BCUT2D eigenvalue weighted by molar-refractivity contribution is -0.134. The van der Waals surface area contributed by atoms with Gasteiger partial charge in [0.1, 0.15) is 17.4 Å². The number of pyridine rings is 1. The van der Waals surface area contributed by atoms with Crippen LogP contribution in [0.3, 0.4) is 0 Å². The van der Waals surface area contributed by atoms with Gasteiger partial charge in [-0.1, -0.05) is 30.7 Å². The van der Waals surface area contributed by atoms with Crippen molar-refractivity contribution in [1.29, 1.82) is 0 Å². The second-order valence-corrected chi connectivity index (χ2v) is 17.1. The molecular formula is C43H50ClN11O6. The van der Waals surface area contributed by atoms with Crippen molar-refractivity contribution in [2.75, 3.05) is 81.2 Å². The molecule has 9 rings (SSSR count). The summed E-state index contributed by atoms with van der Waals surface area (Å²) in [5, 5.41) is 15.2. The molecule has 5 aromatic rings. The highest BCUT2D eigenvalue weighted by Gasteiger charge is 2.34. The molecule has 1 unspecified atom stereocenters. The second kappa shape index (κ2) is 16.5. The van der Waals surface area contributed by atoms with Crippen molar-refractivity contribution in [3.05, 3.63) is 63.7 Å². The Labute approximate surface area is 357 Å². The molecule has 18 heteroatoms. The molecule has 2 aromatic carbocycles. The summed E-state index contributed by atoms with van der Waals surface area (Å²) in [7, 11) is 3.44. The van der Waals surface area contributed by atoms with E-state index in [1.54, 1.807) is 16.8 Å². The normalized spacial score (nSPS) is 22.0. The molecule has 0 bridgehead atoms. The zero-order valence-corrected chi connectivity index (χ0v) is 35.5. The zero-order chi connectivity index (χ0) is 42.5. The standard InChI is InChI=1S/C43H50ClN11O6/c1-24-20-54(11-10-26(24)21-52-12-14-53(15-13-52)32-7-5-6-29-37(50-51(4)39(29)32)30-8-9-35(56)48-41(30)58)43-46-19-31(44)40(49-43)47-28-16-27-17-34(61-23-36(57)45-3)42(59)55-25(2)22-60-33(18-28)38(27)55/h5-7,16-19,24-26,30H,8-15,20-23H2,1-4H3,(H,45,57)(H,46,47,49)(H,48,56,58)/t24-,25+,26-,30?/m0/s1. The summed E-state index contributed by atoms with van der Waals surface area (Å²) in [6.45, 7) is 10.5. The monoisotopic (exact) mass is 851 g/mol. The van der Waals surface area contributed by atoms with Gasteiger partial charge in [-0.25, -0.2) is 4.98 Å². The van der Waals surface area contributed by atoms with E-state index in [1.807, 2.05) is 42.9 Å². The third-order valence-corrected chi connectivity index (χ3v) is 12.9. The van der Waals surface area contributed by atoms with E-state index in [0.717, 1.165) is 74.5 Å². The van der Waals surface area contributed by atoms with Crippen molar-refractivity contribution < 1.29 is 23.9 Å². The average Bonchev–Trinajstić information content (AvgIpc) is 3.59. The highest BCUT2D eigenvalue weighted by Crippen LogP contribution is 2.39. The molecule has 0 radical (unpaired) electrons. The summed E-state index contributed by atoms with van der Waals surface area (Å²) < 4.78 is 15.3. The minimum atomic E-state index is -0.433. The van der Waals surface area contributed by atoms with Crippen molar-refractivity contribution in [2.45, 2.75) is 45.1 Å². The molecule has 0 aliphatic carbocycles. The number of hydrogen-bond donors (Lipinski definition) is 3. The van der Waals surface area contributed by atoms with E-state index in [-0.39, 0.29) is 41.7 Å². The number of likely N-dealkylation sites (N-methyl/N-ethyl adjacent to an activating group) is 1. The van der Waals surface area contributed by atoms with Crippen molar-refractivity contribution in [2.24, 2.45) is 18.9 Å². The van der Waals surface area contributed by atoms with Crippen LogP contribution in [0.4, 0.5) is 23.1 Å². The third-order valence-electron chi connectivity index (χ3n) is 12.6. The molecule has 0 saturated carbocycles. The summed E-state index contributed by atoms with van der Waals surface area (Å²) in [5.41, 5.74) is 3.86. The molecule has 4 aliphatic heterocycles. The summed E-state index contributed by atoms with van der Waals surface area (Å²) in [5.74, 6) is 1.33. The first kappa shape index (κ1) is 40.5. The smallest absolute Gasteiger partial charge is 0.293 e. The molecule has 17 nitrogen and oxygen atoms in total. The molecule has 3 saturated heterocycles. The van der Waals surface area contributed by atoms with Gasteiger partial charge in [0.25, 0.3) is 11.5 Å². The van der Waals surface area contributed by atoms with Gasteiger partial charge < -0.3 is 29.9 Å². The quantitative estimate of drug-likeness (QED) is 0.172. The van der Waals surface area contributed by atoms with E-state index in [0.29, 0.717) is 70.4 Å². The van der Waals surface area contributed by atoms with Crippen molar-refractivity contribution in [1.82, 2.24) is 39.8 Å². The van der Waals surface area contributed by atoms with E-state index in [1.165, 1.54) is 7.05 Å². The van der Waals surface area contributed by atoms with Crippen LogP contribution in [0.25, 0.3) is 21.8 Å². The Morgan fingerprint density at radius 3 is 2.62 bits per heavy atom. The molecule has 320 valence electrons. The Morgan fingerprint density at radius 2 is 1.85 bits per heavy atom. The first-order valence-electron chi connectivity index (χ1n) is 21.0. The second-order valence-electron chi connectivity index (χ2n) is 16.7. The van der Waals surface area contributed by atoms with E-state index in [2.05, 4.69) is 48.6 Å². The topological polar surface area (TPSA) is 181 Å². The van der Waals surface area contributed by atoms with Crippen molar-refractivity contribution in [3.63, 3.8) is 0 Å². The number of carbonyl (C=O) groups excluding carboxylic acids is 3. The molecule has 3 amide bonds. The Balaban J connectivity index is 0.841. The van der Waals surface area contributed by atoms with Gasteiger partial charge >= 0.3 is 0 Å². The molecule has 4 atom stereocenters. The number of piperidine rings is 2. The number of imide groups is 1. The Morgan fingerprint density at radius 1 is 1.03 bits per heavy atom. The summed E-state index contributed by atoms with van der Waals surface area (Å²) in [4.78, 5) is 66.6. The maximum absolute atomic E-state index is 13.4. The molecule has 61 heavy (non-hydrogen) atoms. The number of halogens is 1. The lowest BCUT2D eigenvalue weighted by Crippen LogP contribution is -2.50. The van der Waals surface area contributed by atoms with Crippen LogP contribution in [0.5, 0.6) is 11.5 Å². The molecular weight excluding hydrogens is 802 g/mol. The Hall–Kier alpha value is -5.94. The molecule has 7 heterocycles. The van der Waals surface area contributed by atoms with Crippen LogP contribution in [0.2, 0.25) is 5.02 Å². The number of amides is 3. The van der Waals surface area contributed by atoms with Gasteiger partial charge in [0.2, 0.25) is 17.8 Å². The van der Waals surface area contributed by atoms with E-state index in [4.69, 9.17) is 31.2 Å². The predicted molar refractivity (Wildman–Crippen MR) is 232 cm³/mol. The molecule has 3 N–H and O–H groups in total. The Bertz CT molecular complexity index is 2610. The van der Waals surface area contributed by atoms with Crippen LogP contribution >= 0.6 is 11.6 Å². The number of rotatable bonds is 10. The summed E-state index contributed by atoms with van der Waals surface area (Å²) in [6, 6.07) is 11.3. The first-order valence-corrected chi connectivity index (χ1v) is 21.3. The van der Waals surface area contributed by atoms with Gasteiger partial charge in [-0.3, -0.25) is 38.6 Å². The number of aromatic nitrogens is 5. The van der Waals surface area contributed by atoms with Crippen LogP contribution in [0.1, 0.15) is 50.8 Å². The van der Waals surface area contributed by atoms with Crippen LogP contribution in [-0.2, 0) is 21.4 Å². The van der Waals surface area contributed by atoms with Gasteiger partial charge in [0, 0.05) is 88.9 Å². The number of nitrogens with one attached hydrogen (secondary N) is 3. The molecule has 3 aromatic heterocycles. The maximum atomic E-state index is 13.4. The zero-order valence-electron chi connectivity index (χ0n) is 34.7. The minimum Gasteiger partial charge on any atom is -0.489 e. The fourth-order valence-corrected chi connectivity index (χ4v) is 9.46. The van der Waals surface area contributed by atoms with Crippen LogP contribution in [0.15, 0.2) is 47.4 Å². The SMILES string of the molecule is CNC(=O)COc1cc2cc(Nc3nc(N4CC[C@@H](CN5CCN(c6cccc7c(C8CCC(=O)NC8=O)nn(C)c67)CC5)[C@@H](C)C4)ncc3Cl)cc3c2n(c1=O)[C@H](C)CO3. The number of benzene rings is 2. The van der Waals surface area contributed by atoms with Gasteiger partial charge in [-0.2, -0.15) is 10.1 Å². The first-order chi connectivity index (χ1) is 29.4. The highest BCUT2D eigenvalue weighted by molar-refractivity contribution is 6.33. The number of anilines is 4. The summed E-state index contributed by atoms with van der Waals surface area (Å²) in [6.07, 6.45) is 3.42. The fourth-order valence-electron chi connectivity index (χ4n) is 9.32. The van der Waals surface area contributed by atoms with E-state index in [9.17, 15) is 19.2 Å². The van der Waals surface area contributed by atoms with E-state index < -0.39 is 5.92 Å². The van der Waals surface area contributed by atoms with Crippen LogP contribution in [0, 0.1) is 11.8 Å². The lowest BCUT2D eigenvalue weighted by Gasteiger charge is -2.42. The molecule has 0 spiro atoms. The third kappa shape index (κ3) is 7.80. The number of fused-ring (bicyclic) bond motifs is 1. The number of para-hydroxylation sites is 1. The highest BCUT2D eigenvalue weighted by atomic mass is 35.5. The lowest BCUT2D eigenvalue weighted by atomic mass is 9.86. The van der Waals surface area contributed by atoms with Crippen molar-refractivity contribution >= 4 is 74.3 Å². The molecule has 4 aliphatic rings. The van der Waals surface area contributed by atoms with Gasteiger partial charge in [0.15, 0.2) is 18.2 Å². The van der Waals surface area contributed by atoms with Gasteiger partial charge in [0.05, 0.1) is 40.6 Å². The van der Waals surface area contributed by atoms with Crippen LogP contribution < -0.4 is 40.8 Å². The number of hydrogen-bond acceptors (Lipinski definition) is 13. The number of ether oxygens (including phenoxy) is 2. The Kier molecular flexibility index (Phi) is 10.9. The number of nitrogens with zero attached hydrogens (tertiary/aromatic N) is 8.